The normalized spacial score (nSPS) is 10.1. The molecule has 0 fully saturated rings. The molecule has 4 heteroatoms. The Hall–Kier alpha value is -2.49. The topological polar surface area (TPSA) is 78.3 Å². The summed E-state index contributed by atoms with van der Waals surface area (Å²) in [5.41, 5.74) is 12.8. The van der Waals surface area contributed by atoms with Crippen molar-refractivity contribution in [2.24, 2.45) is 5.73 Å². The standard InChI is InChI=1S/C14H14N2O2/c1-9-3-2-4-11(7-9)18-13-6-5-10(14(16)17)8-12(13)15/h2-8H,15H2,1H3,(H2,16,17). The van der Waals surface area contributed by atoms with E-state index in [0.29, 0.717) is 22.7 Å². The molecule has 0 aliphatic heterocycles. The van der Waals surface area contributed by atoms with Gasteiger partial charge >= 0.3 is 0 Å². The molecule has 0 aromatic heterocycles. The molecular formula is C14H14N2O2. The highest BCUT2D eigenvalue weighted by atomic mass is 16.5. The molecule has 4 N–H and O–H groups in total. The van der Waals surface area contributed by atoms with E-state index in [1.807, 2.05) is 31.2 Å². The van der Waals surface area contributed by atoms with Crippen molar-refractivity contribution in [3.05, 3.63) is 53.6 Å². The Balaban J connectivity index is 2.27. The van der Waals surface area contributed by atoms with Gasteiger partial charge in [-0.25, -0.2) is 0 Å². The molecule has 0 bridgehead atoms. The lowest BCUT2D eigenvalue weighted by atomic mass is 10.2. The maximum Gasteiger partial charge on any atom is 0.248 e. The second-order valence-electron chi connectivity index (χ2n) is 4.04. The van der Waals surface area contributed by atoms with Crippen molar-refractivity contribution in [1.82, 2.24) is 0 Å². The van der Waals surface area contributed by atoms with Crippen molar-refractivity contribution in [2.45, 2.75) is 6.92 Å². The number of rotatable bonds is 3. The fraction of sp³-hybridized carbons (Fsp3) is 0.0714. The molecule has 4 nitrogen and oxygen atoms in total. The molecule has 0 heterocycles. The summed E-state index contributed by atoms with van der Waals surface area (Å²) in [7, 11) is 0. The highest BCUT2D eigenvalue weighted by molar-refractivity contribution is 5.94. The van der Waals surface area contributed by atoms with Crippen LogP contribution in [0.4, 0.5) is 5.69 Å². The first-order valence-corrected chi connectivity index (χ1v) is 5.50. The van der Waals surface area contributed by atoms with E-state index in [1.54, 1.807) is 12.1 Å². The predicted octanol–water partition coefficient (Wildman–Crippen LogP) is 2.47. The number of primary amides is 1. The van der Waals surface area contributed by atoms with Crippen LogP contribution in [-0.2, 0) is 0 Å². The average molecular weight is 242 g/mol. The first kappa shape index (κ1) is 12.0. The Morgan fingerprint density at radius 3 is 2.56 bits per heavy atom. The molecule has 0 saturated heterocycles. The fourth-order valence-electron chi connectivity index (χ4n) is 1.60. The summed E-state index contributed by atoms with van der Waals surface area (Å²) in [5, 5.41) is 0. The zero-order chi connectivity index (χ0) is 13.1. The minimum absolute atomic E-state index is 0.365. The van der Waals surface area contributed by atoms with Crippen molar-refractivity contribution in [2.75, 3.05) is 5.73 Å². The molecular weight excluding hydrogens is 228 g/mol. The number of benzene rings is 2. The summed E-state index contributed by atoms with van der Waals surface area (Å²) in [5.74, 6) is 0.697. The van der Waals surface area contributed by atoms with Gasteiger partial charge in [0.15, 0.2) is 0 Å². The van der Waals surface area contributed by atoms with Crippen LogP contribution >= 0.6 is 0 Å². The number of ether oxygens (including phenoxy) is 1. The van der Waals surface area contributed by atoms with E-state index in [9.17, 15) is 4.79 Å². The number of carbonyl (C=O) groups excluding carboxylic acids is 1. The van der Waals surface area contributed by atoms with E-state index < -0.39 is 5.91 Å². The third kappa shape index (κ3) is 2.60. The molecule has 0 radical (unpaired) electrons. The Kier molecular flexibility index (Phi) is 3.19. The molecule has 0 atom stereocenters. The molecule has 0 saturated carbocycles. The van der Waals surface area contributed by atoms with Gasteiger partial charge in [0.25, 0.3) is 0 Å². The van der Waals surface area contributed by atoms with Crippen molar-refractivity contribution < 1.29 is 9.53 Å². The van der Waals surface area contributed by atoms with E-state index in [4.69, 9.17) is 16.2 Å². The smallest absolute Gasteiger partial charge is 0.248 e. The number of anilines is 1. The van der Waals surface area contributed by atoms with Crippen LogP contribution in [0.1, 0.15) is 15.9 Å². The predicted molar refractivity (Wildman–Crippen MR) is 70.6 cm³/mol. The van der Waals surface area contributed by atoms with Crippen LogP contribution in [0.2, 0.25) is 0 Å². The first-order chi connectivity index (χ1) is 8.56. The van der Waals surface area contributed by atoms with Crippen molar-refractivity contribution >= 4 is 11.6 Å². The van der Waals surface area contributed by atoms with Crippen molar-refractivity contribution in [1.29, 1.82) is 0 Å². The second-order valence-corrected chi connectivity index (χ2v) is 4.04. The Morgan fingerprint density at radius 2 is 1.94 bits per heavy atom. The van der Waals surface area contributed by atoms with Gasteiger partial charge in [0.2, 0.25) is 5.91 Å². The van der Waals surface area contributed by atoms with Crippen LogP contribution in [0.5, 0.6) is 11.5 Å². The van der Waals surface area contributed by atoms with Gasteiger partial charge in [-0.05, 0) is 42.8 Å². The zero-order valence-electron chi connectivity index (χ0n) is 10.0. The molecule has 0 aliphatic carbocycles. The highest BCUT2D eigenvalue weighted by Gasteiger charge is 2.06. The average Bonchev–Trinajstić information content (AvgIpc) is 2.31. The lowest BCUT2D eigenvalue weighted by molar-refractivity contribution is 0.100. The number of hydrogen-bond acceptors (Lipinski definition) is 3. The molecule has 0 aliphatic rings. The van der Waals surface area contributed by atoms with E-state index in [0.717, 1.165) is 5.56 Å². The number of nitrogens with two attached hydrogens (primary N) is 2. The molecule has 92 valence electrons. The summed E-state index contributed by atoms with van der Waals surface area (Å²) in [6.07, 6.45) is 0. The van der Waals surface area contributed by atoms with Gasteiger partial charge in [-0.1, -0.05) is 12.1 Å². The van der Waals surface area contributed by atoms with Gasteiger partial charge in [-0.3, -0.25) is 4.79 Å². The first-order valence-electron chi connectivity index (χ1n) is 5.50. The quantitative estimate of drug-likeness (QED) is 0.811. The van der Waals surface area contributed by atoms with Crippen molar-refractivity contribution in [3.8, 4) is 11.5 Å². The number of amides is 1. The van der Waals surface area contributed by atoms with Crippen LogP contribution in [0.15, 0.2) is 42.5 Å². The van der Waals surface area contributed by atoms with Gasteiger partial charge in [0, 0.05) is 5.56 Å². The highest BCUT2D eigenvalue weighted by Crippen LogP contribution is 2.28. The number of carbonyl (C=O) groups is 1. The van der Waals surface area contributed by atoms with E-state index in [2.05, 4.69) is 0 Å². The van der Waals surface area contributed by atoms with Gasteiger partial charge < -0.3 is 16.2 Å². The molecule has 0 spiro atoms. The summed E-state index contributed by atoms with van der Waals surface area (Å²) < 4.78 is 5.65. The zero-order valence-corrected chi connectivity index (χ0v) is 10.0. The Bertz CT molecular complexity index is 594. The number of hydrogen-bond donors (Lipinski definition) is 2. The van der Waals surface area contributed by atoms with Crippen LogP contribution in [0.3, 0.4) is 0 Å². The Morgan fingerprint density at radius 1 is 1.17 bits per heavy atom. The van der Waals surface area contributed by atoms with E-state index >= 15 is 0 Å². The van der Waals surface area contributed by atoms with Crippen LogP contribution < -0.4 is 16.2 Å². The Labute approximate surface area is 105 Å². The summed E-state index contributed by atoms with van der Waals surface area (Å²) in [4.78, 5) is 11.0. The van der Waals surface area contributed by atoms with Crippen molar-refractivity contribution in [3.63, 3.8) is 0 Å². The number of nitrogen functional groups attached to an aromatic ring is 1. The van der Waals surface area contributed by atoms with Gasteiger partial charge in [0.05, 0.1) is 5.69 Å². The molecule has 2 aromatic rings. The molecule has 18 heavy (non-hydrogen) atoms. The lowest BCUT2D eigenvalue weighted by Crippen LogP contribution is -2.11. The third-order valence-electron chi connectivity index (χ3n) is 2.51. The minimum Gasteiger partial charge on any atom is -0.455 e. The summed E-state index contributed by atoms with van der Waals surface area (Å²) in [6.45, 7) is 1.98. The lowest BCUT2D eigenvalue weighted by Gasteiger charge is -2.09. The largest absolute Gasteiger partial charge is 0.455 e. The van der Waals surface area contributed by atoms with Gasteiger partial charge in [-0.15, -0.1) is 0 Å². The summed E-state index contributed by atoms with van der Waals surface area (Å²) in [6, 6.07) is 12.4. The monoisotopic (exact) mass is 242 g/mol. The third-order valence-corrected chi connectivity index (χ3v) is 2.51. The van der Waals surface area contributed by atoms with E-state index in [-0.39, 0.29) is 0 Å². The van der Waals surface area contributed by atoms with Crippen LogP contribution in [0, 0.1) is 6.92 Å². The number of aryl methyl sites for hydroxylation is 1. The second kappa shape index (κ2) is 4.79. The van der Waals surface area contributed by atoms with Crippen LogP contribution in [0.25, 0.3) is 0 Å². The molecule has 1 amide bonds. The molecule has 2 aromatic carbocycles. The van der Waals surface area contributed by atoms with Gasteiger partial charge in [-0.2, -0.15) is 0 Å². The fourth-order valence-corrected chi connectivity index (χ4v) is 1.60. The van der Waals surface area contributed by atoms with Gasteiger partial charge in [0.1, 0.15) is 11.5 Å². The SMILES string of the molecule is Cc1cccc(Oc2ccc(C(N)=O)cc2N)c1. The van der Waals surface area contributed by atoms with Crippen LogP contribution in [-0.4, -0.2) is 5.91 Å². The van der Waals surface area contributed by atoms with E-state index in [1.165, 1.54) is 6.07 Å². The maximum absolute atomic E-state index is 11.0. The molecule has 2 rings (SSSR count). The maximum atomic E-state index is 11.0. The summed E-state index contributed by atoms with van der Waals surface area (Å²) >= 11 is 0. The molecule has 0 unspecified atom stereocenters. The minimum atomic E-state index is -0.510.